The van der Waals surface area contributed by atoms with Gasteiger partial charge < -0.3 is 44.7 Å². The number of aliphatic hydroxyl groups excluding tert-OH is 2. The van der Waals surface area contributed by atoms with Crippen LogP contribution in [0.3, 0.4) is 0 Å². The lowest BCUT2D eigenvalue weighted by Crippen LogP contribution is -2.46. The smallest absolute Gasteiger partial charge is 0.302 e. The van der Waals surface area contributed by atoms with Crippen LogP contribution in [0.2, 0.25) is 0 Å². The largest absolute Gasteiger partial charge is 0.507 e. The summed E-state index contributed by atoms with van der Waals surface area (Å²) in [6.45, 7) is 13.1. The molecule has 1 amide bonds. The number of ether oxygens (including phenoxy) is 4. The summed E-state index contributed by atoms with van der Waals surface area (Å²) in [7, 11) is 1.49. The van der Waals surface area contributed by atoms with Gasteiger partial charge in [-0.2, -0.15) is 11.8 Å². The van der Waals surface area contributed by atoms with Crippen LogP contribution in [0.1, 0.15) is 72.4 Å². The van der Waals surface area contributed by atoms with E-state index in [4.69, 9.17) is 28.9 Å². The number of benzene rings is 2. The number of hydrogen-bond acceptors (Lipinski definition) is 14. The van der Waals surface area contributed by atoms with Crippen molar-refractivity contribution in [3.63, 3.8) is 0 Å². The number of aromatic hydroxyl groups is 2. The minimum atomic E-state index is -1.72. The Bertz CT molecular complexity index is 2200. The highest BCUT2D eigenvalue weighted by Gasteiger charge is 2.47. The Morgan fingerprint density at radius 3 is 2.30 bits per heavy atom. The van der Waals surface area contributed by atoms with Gasteiger partial charge in [-0.15, -0.1) is 0 Å². The summed E-state index contributed by atoms with van der Waals surface area (Å²) in [4.78, 5) is 36.3. The van der Waals surface area contributed by atoms with Crippen LogP contribution in [0.4, 0.5) is 5.69 Å². The van der Waals surface area contributed by atoms with E-state index in [1.54, 1.807) is 77.6 Å². The number of phenols is 2. The van der Waals surface area contributed by atoms with Crippen molar-refractivity contribution in [2.24, 2.45) is 33.7 Å². The van der Waals surface area contributed by atoms with Gasteiger partial charge in [0.2, 0.25) is 0 Å². The van der Waals surface area contributed by atoms with E-state index in [9.17, 15) is 35.4 Å². The second kappa shape index (κ2) is 16.1. The molecule has 0 aliphatic carbocycles. The van der Waals surface area contributed by atoms with E-state index in [-0.39, 0.29) is 55.7 Å². The van der Waals surface area contributed by atoms with Crippen molar-refractivity contribution in [1.29, 1.82) is 5.41 Å². The number of thioether (sulfide) groups is 1. The van der Waals surface area contributed by atoms with Gasteiger partial charge in [-0.05, 0) is 31.4 Å². The summed E-state index contributed by atoms with van der Waals surface area (Å²) in [6.07, 6.45) is 5.44. The molecule has 6 N–H and O–H groups in total. The Hall–Kier alpha value is -4.44. The monoisotopic (exact) mass is 806 g/mol. The van der Waals surface area contributed by atoms with Crippen molar-refractivity contribution in [3.8, 4) is 17.2 Å². The molecule has 4 aliphatic rings. The first-order valence-corrected chi connectivity index (χ1v) is 20.5. The molecule has 1 fully saturated rings. The molecule has 9 atom stereocenters. The van der Waals surface area contributed by atoms with Gasteiger partial charge in [-0.1, -0.05) is 45.9 Å². The number of anilines is 1. The molecule has 308 valence electrons. The molecule has 57 heavy (non-hydrogen) atoms. The quantitative estimate of drug-likeness (QED) is 0.181. The highest BCUT2D eigenvalue weighted by Crippen LogP contribution is 2.50. The number of carbonyl (C=O) groups excluding carboxylic acids is 2. The van der Waals surface area contributed by atoms with Crippen molar-refractivity contribution in [3.05, 3.63) is 58.0 Å². The number of rotatable bonds is 2. The Morgan fingerprint density at radius 1 is 0.982 bits per heavy atom. The molecular weight excluding hydrogens is 753 g/mol. The molecule has 2 aromatic carbocycles. The topological polar surface area (TPSA) is 213 Å². The van der Waals surface area contributed by atoms with Crippen LogP contribution in [0.25, 0.3) is 10.8 Å². The summed E-state index contributed by atoms with van der Waals surface area (Å²) in [5.41, 5.74) is -0.214. The Kier molecular flexibility index (Phi) is 11.9. The van der Waals surface area contributed by atoms with Crippen LogP contribution in [0, 0.1) is 36.0 Å². The number of nitrogens with zero attached hydrogens (tertiary/aromatic N) is 2. The normalized spacial score (nSPS) is 33.6. The average molecular weight is 807 g/mol. The fourth-order valence-electron chi connectivity index (χ4n) is 8.32. The third-order valence-electron chi connectivity index (χ3n) is 12.0. The summed E-state index contributed by atoms with van der Waals surface area (Å²) in [6, 6.07) is 0. The first kappa shape index (κ1) is 42.2. The standard InChI is InChI=1S/C42H54N4O10S/c1-19-11-10-12-20(2)40(52)44-32-31-30(45-42(46-31)14-17-57-18-15-42)27-28(36(32)51)35(50)24(6)38-29(27)39(43)41(8,56-38)54-16-13-26(53-9)21(3)37(55-25(7)47)23(5)34(49)22(4)33(19)48/h10-13,16,19,21-23,26,33-34,37,43,48-51H,14-15,17-18H2,1-9H3,(H,44,52)/b11-10+,16-13+,20-12-,43-39?/t19-,21+,22+,23+,26-,33-,34?,37+,41-/m0/s1. The molecule has 6 rings (SSSR count). The zero-order valence-corrected chi connectivity index (χ0v) is 34.7. The van der Waals surface area contributed by atoms with Crippen LogP contribution in [-0.2, 0) is 23.8 Å². The molecule has 2 aromatic rings. The number of amides is 1. The van der Waals surface area contributed by atoms with Gasteiger partial charge in [-0.25, -0.2) is 0 Å². The summed E-state index contributed by atoms with van der Waals surface area (Å²) in [5, 5.41) is 59.8. The molecule has 1 unspecified atom stereocenters. The summed E-state index contributed by atoms with van der Waals surface area (Å²) in [5.74, 6) is -4.07. The lowest BCUT2D eigenvalue weighted by atomic mass is 9.78. The SMILES string of the molecule is CO[C@H]1/C=C/O[C@@]2(C)Oc3c(C)c(O)c4c(O)c(c5c(c4c3C2=N)=NC2(CCSCC2)N=5)NC(=O)/C(C)=C\C=C\[C@H](C)[C@H](O)[C@@H](C)C(O)[C@@H](C)[C@H](OC(C)=O)[C@@H]1C. The summed E-state index contributed by atoms with van der Waals surface area (Å²) < 4.78 is 24.2. The van der Waals surface area contributed by atoms with Crippen molar-refractivity contribution in [2.45, 2.75) is 104 Å². The van der Waals surface area contributed by atoms with E-state index in [0.717, 1.165) is 11.5 Å². The van der Waals surface area contributed by atoms with E-state index in [1.165, 1.54) is 20.3 Å². The molecule has 4 bridgehead atoms. The van der Waals surface area contributed by atoms with Crippen molar-refractivity contribution in [1.82, 2.24) is 0 Å². The Balaban J connectivity index is 1.55. The van der Waals surface area contributed by atoms with Crippen LogP contribution in [0.15, 0.2) is 46.1 Å². The summed E-state index contributed by atoms with van der Waals surface area (Å²) >= 11 is 1.79. The van der Waals surface area contributed by atoms with Crippen LogP contribution in [-0.4, -0.2) is 92.5 Å². The predicted octanol–water partition coefficient (Wildman–Crippen LogP) is 4.71. The minimum absolute atomic E-state index is 0.0105. The number of hydrogen-bond donors (Lipinski definition) is 6. The first-order valence-electron chi connectivity index (χ1n) is 19.3. The average Bonchev–Trinajstić information content (AvgIpc) is 3.67. The van der Waals surface area contributed by atoms with Gasteiger partial charge >= 0.3 is 5.97 Å². The highest BCUT2D eigenvalue weighted by atomic mass is 32.2. The lowest BCUT2D eigenvalue weighted by Gasteiger charge is -2.38. The van der Waals surface area contributed by atoms with Gasteiger partial charge in [-0.3, -0.25) is 25.0 Å². The number of esters is 1. The number of allylic oxidation sites excluding steroid dienone is 2. The minimum Gasteiger partial charge on any atom is -0.507 e. The van der Waals surface area contributed by atoms with Crippen molar-refractivity contribution >= 4 is 45.8 Å². The predicted molar refractivity (Wildman–Crippen MR) is 216 cm³/mol. The molecule has 4 heterocycles. The number of nitrogens with one attached hydrogen (secondary N) is 2. The van der Waals surface area contributed by atoms with E-state index in [0.29, 0.717) is 18.2 Å². The number of phenolic OH excluding ortho intramolecular Hbond substituents is 2. The van der Waals surface area contributed by atoms with Gasteiger partial charge in [0.15, 0.2) is 11.4 Å². The van der Waals surface area contributed by atoms with E-state index >= 15 is 0 Å². The van der Waals surface area contributed by atoms with E-state index < -0.39 is 77.2 Å². The molecule has 15 heteroatoms. The van der Waals surface area contributed by atoms with Crippen LogP contribution in [0.5, 0.6) is 17.2 Å². The Labute approximate surface area is 336 Å². The van der Waals surface area contributed by atoms with Gasteiger partial charge in [0.1, 0.15) is 34.4 Å². The zero-order valence-electron chi connectivity index (χ0n) is 33.9. The molecule has 0 radical (unpaired) electrons. The van der Waals surface area contributed by atoms with Gasteiger partial charge in [0.05, 0.1) is 40.9 Å². The highest BCUT2D eigenvalue weighted by molar-refractivity contribution is 7.99. The van der Waals surface area contributed by atoms with Gasteiger partial charge in [0, 0.05) is 74.0 Å². The van der Waals surface area contributed by atoms with Crippen LogP contribution < -0.4 is 20.8 Å². The molecule has 1 spiro atoms. The maximum absolute atomic E-state index is 13.8. The van der Waals surface area contributed by atoms with Crippen LogP contribution >= 0.6 is 11.8 Å². The third kappa shape index (κ3) is 7.54. The maximum Gasteiger partial charge on any atom is 0.302 e. The Morgan fingerprint density at radius 2 is 1.65 bits per heavy atom. The van der Waals surface area contributed by atoms with Crippen molar-refractivity contribution < 1.29 is 49.0 Å². The fourth-order valence-corrected chi connectivity index (χ4v) is 9.47. The second-order valence-corrected chi connectivity index (χ2v) is 17.1. The fraction of sp³-hybridized carbons (Fsp3) is 0.548. The molecule has 14 nitrogen and oxygen atoms in total. The lowest BCUT2D eigenvalue weighted by molar-refractivity contribution is -0.160. The third-order valence-corrected chi connectivity index (χ3v) is 13.0. The molecule has 4 aliphatic heterocycles. The number of fused-ring (bicyclic) bond motifs is 1. The number of methoxy groups -OCH3 is 1. The first-order chi connectivity index (χ1) is 26.9. The molecule has 0 aromatic heterocycles. The molecule has 1 saturated heterocycles. The molecular formula is C42H54N4O10S. The van der Waals surface area contributed by atoms with Gasteiger partial charge in [0.25, 0.3) is 11.7 Å². The van der Waals surface area contributed by atoms with Crippen molar-refractivity contribution in [2.75, 3.05) is 23.9 Å². The second-order valence-electron chi connectivity index (χ2n) is 15.9. The number of aliphatic hydroxyl groups is 2. The molecule has 0 saturated carbocycles. The van der Waals surface area contributed by atoms with E-state index in [2.05, 4.69) is 5.32 Å². The zero-order chi connectivity index (χ0) is 41.7. The maximum atomic E-state index is 13.8. The number of carbonyl (C=O) groups is 2. The van der Waals surface area contributed by atoms with E-state index in [1.807, 2.05) is 6.92 Å².